The number of unbranched alkanes of at least 4 members (excludes halogenated alkanes) is 7. The number of nitrogens with zero attached hydrogens (tertiary/aromatic N) is 1. The van der Waals surface area contributed by atoms with Crippen molar-refractivity contribution in [1.29, 1.82) is 0 Å². The second kappa shape index (κ2) is 9.44. The zero-order valence-electron chi connectivity index (χ0n) is 14.8. The van der Waals surface area contributed by atoms with Crippen molar-refractivity contribution < 1.29 is 9.28 Å². The Bertz CT molecular complexity index is 263. The predicted octanol–water partition coefficient (Wildman–Crippen LogP) is 4.98. The highest BCUT2D eigenvalue weighted by molar-refractivity contribution is 5.89. The highest BCUT2D eigenvalue weighted by atomic mass is 16.1. The first-order chi connectivity index (χ1) is 9.19. The van der Waals surface area contributed by atoms with E-state index in [0.717, 1.165) is 6.54 Å². The normalized spacial score (nSPS) is 12.5. The van der Waals surface area contributed by atoms with Crippen molar-refractivity contribution in [1.82, 2.24) is 0 Å². The number of hydrogen-bond acceptors (Lipinski definition) is 1. The van der Waals surface area contributed by atoms with Gasteiger partial charge in [0.15, 0.2) is 0 Å². The molecule has 0 unspecified atom stereocenters. The molecule has 0 saturated carbocycles. The summed E-state index contributed by atoms with van der Waals surface area (Å²) in [5, 5.41) is 0. The SMILES string of the molecule is CCCCCCCCCC[N+](C)(C)[CH-]C(=O)C(C)(C)C. The van der Waals surface area contributed by atoms with Crippen LogP contribution in [0.5, 0.6) is 0 Å². The largest absolute Gasteiger partial charge is 0.438 e. The van der Waals surface area contributed by atoms with E-state index in [0.29, 0.717) is 4.48 Å². The maximum atomic E-state index is 12.0. The molecular formula is C18H37NO. The molecule has 2 nitrogen and oxygen atoms in total. The van der Waals surface area contributed by atoms with Crippen molar-refractivity contribution in [3.63, 3.8) is 0 Å². The summed E-state index contributed by atoms with van der Waals surface area (Å²) < 4.78 is 0.714. The minimum absolute atomic E-state index is 0.252. The standard InChI is InChI=1S/C18H37NO/c1-7-8-9-10-11-12-13-14-15-19(5,6)16-17(20)18(2,3)4/h16H,7-15H2,1-6H3. The molecule has 0 bridgehead atoms. The van der Waals surface area contributed by atoms with Crippen LogP contribution in [0.4, 0.5) is 0 Å². The minimum Gasteiger partial charge on any atom is -0.438 e. The molecule has 0 heterocycles. The zero-order chi connectivity index (χ0) is 15.6. The van der Waals surface area contributed by atoms with Crippen molar-refractivity contribution in [3.05, 3.63) is 6.54 Å². The number of hydrogen-bond donors (Lipinski definition) is 0. The van der Waals surface area contributed by atoms with Crippen molar-refractivity contribution in [2.45, 2.75) is 79.1 Å². The van der Waals surface area contributed by atoms with Crippen molar-refractivity contribution >= 4 is 5.78 Å². The molecule has 0 N–H and O–H groups in total. The average molecular weight is 284 g/mol. The first-order valence-corrected chi connectivity index (χ1v) is 8.42. The molecular weight excluding hydrogens is 246 g/mol. The van der Waals surface area contributed by atoms with Crippen LogP contribution in [-0.2, 0) is 4.79 Å². The highest BCUT2D eigenvalue weighted by Gasteiger charge is 2.19. The molecule has 2 heteroatoms. The number of rotatable bonds is 11. The van der Waals surface area contributed by atoms with Crippen LogP contribution in [0.3, 0.4) is 0 Å². The summed E-state index contributed by atoms with van der Waals surface area (Å²) in [6.45, 7) is 11.2. The van der Waals surface area contributed by atoms with Gasteiger partial charge in [-0.3, -0.25) is 0 Å². The maximum absolute atomic E-state index is 12.0. The predicted molar refractivity (Wildman–Crippen MR) is 88.3 cm³/mol. The summed E-state index contributed by atoms with van der Waals surface area (Å²) in [6, 6.07) is 0. The Hall–Kier alpha value is -0.500. The van der Waals surface area contributed by atoms with Gasteiger partial charge >= 0.3 is 0 Å². The van der Waals surface area contributed by atoms with E-state index in [1.165, 1.54) is 51.4 Å². The van der Waals surface area contributed by atoms with E-state index in [1.807, 2.05) is 27.3 Å². The Morgan fingerprint density at radius 2 is 1.35 bits per heavy atom. The van der Waals surface area contributed by atoms with Gasteiger partial charge in [0.2, 0.25) is 0 Å². The van der Waals surface area contributed by atoms with Gasteiger partial charge in [-0.1, -0.05) is 66.2 Å². The van der Waals surface area contributed by atoms with Crippen molar-refractivity contribution in [2.24, 2.45) is 5.41 Å². The quantitative estimate of drug-likeness (QED) is 0.297. The Morgan fingerprint density at radius 1 is 0.900 bits per heavy atom. The monoisotopic (exact) mass is 283 g/mol. The summed E-state index contributed by atoms with van der Waals surface area (Å²) in [6.07, 6.45) is 10.7. The van der Waals surface area contributed by atoms with Crippen LogP contribution in [0.25, 0.3) is 0 Å². The Labute approximate surface area is 127 Å². The van der Waals surface area contributed by atoms with Crippen LogP contribution in [-0.4, -0.2) is 30.9 Å². The number of carbonyl (C=O) groups excluding carboxylic acids is 1. The first kappa shape index (κ1) is 19.5. The van der Waals surface area contributed by atoms with Crippen molar-refractivity contribution in [2.75, 3.05) is 20.6 Å². The molecule has 0 rings (SSSR count). The van der Waals surface area contributed by atoms with Gasteiger partial charge in [-0.2, -0.15) is 0 Å². The fourth-order valence-corrected chi connectivity index (χ4v) is 2.23. The summed E-state index contributed by atoms with van der Waals surface area (Å²) in [4.78, 5) is 12.0. The zero-order valence-corrected chi connectivity index (χ0v) is 14.8. The van der Waals surface area contributed by atoms with Gasteiger partial charge in [-0.05, 0) is 18.3 Å². The van der Waals surface area contributed by atoms with Gasteiger partial charge < -0.3 is 9.28 Å². The van der Waals surface area contributed by atoms with E-state index in [9.17, 15) is 4.79 Å². The maximum Gasteiger partial charge on any atom is 0.0575 e. The van der Waals surface area contributed by atoms with E-state index in [1.54, 1.807) is 0 Å². The lowest BCUT2D eigenvalue weighted by Gasteiger charge is -2.41. The van der Waals surface area contributed by atoms with Gasteiger partial charge in [0.05, 0.1) is 12.3 Å². The molecule has 0 aromatic heterocycles. The topological polar surface area (TPSA) is 17.1 Å². The molecule has 0 amide bonds. The fourth-order valence-electron chi connectivity index (χ4n) is 2.23. The summed E-state index contributed by atoms with van der Waals surface area (Å²) in [5.74, 6) is 0.252. The van der Waals surface area contributed by atoms with Gasteiger partial charge in [-0.25, -0.2) is 0 Å². The van der Waals surface area contributed by atoms with E-state index in [-0.39, 0.29) is 11.2 Å². The summed E-state index contributed by atoms with van der Waals surface area (Å²) in [5.41, 5.74) is -0.255. The van der Waals surface area contributed by atoms with E-state index < -0.39 is 0 Å². The average Bonchev–Trinajstić information content (AvgIpc) is 2.30. The van der Waals surface area contributed by atoms with Crippen LogP contribution >= 0.6 is 0 Å². The van der Waals surface area contributed by atoms with Crippen LogP contribution in [0.15, 0.2) is 0 Å². The van der Waals surface area contributed by atoms with E-state index in [4.69, 9.17) is 0 Å². The minimum atomic E-state index is -0.255. The van der Waals surface area contributed by atoms with Crippen LogP contribution in [0.2, 0.25) is 0 Å². The molecule has 20 heavy (non-hydrogen) atoms. The van der Waals surface area contributed by atoms with Crippen molar-refractivity contribution in [3.8, 4) is 0 Å². The fraction of sp³-hybridized carbons (Fsp3) is 0.889. The molecule has 0 aliphatic heterocycles. The first-order valence-electron chi connectivity index (χ1n) is 8.42. The molecule has 0 saturated heterocycles. The van der Waals surface area contributed by atoms with Crippen LogP contribution in [0.1, 0.15) is 79.1 Å². The lowest BCUT2D eigenvalue weighted by Crippen LogP contribution is -2.43. The molecule has 120 valence electrons. The lowest BCUT2D eigenvalue weighted by atomic mass is 9.90. The molecule has 0 atom stereocenters. The van der Waals surface area contributed by atoms with Gasteiger partial charge in [0.1, 0.15) is 0 Å². The summed E-state index contributed by atoms with van der Waals surface area (Å²) >= 11 is 0. The Kier molecular flexibility index (Phi) is 9.20. The number of likely N-dealkylation sites (N-methyl/N-ethyl adjacent to an activating group) is 1. The molecule has 0 aliphatic carbocycles. The van der Waals surface area contributed by atoms with E-state index in [2.05, 4.69) is 21.0 Å². The number of carbonyl (C=O) groups is 1. The molecule has 0 aliphatic rings. The molecule has 0 fully saturated rings. The number of ketones is 1. The van der Waals surface area contributed by atoms with Crippen LogP contribution < -0.4 is 0 Å². The summed E-state index contributed by atoms with van der Waals surface area (Å²) in [7, 11) is 4.26. The third-order valence-corrected chi connectivity index (χ3v) is 3.79. The molecule has 0 spiro atoms. The number of quaternary nitrogens is 1. The Morgan fingerprint density at radius 3 is 1.80 bits per heavy atom. The van der Waals surface area contributed by atoms with Gasteiger partial charge in [0.25, 0.3) is 0 Å². The Balaban J connectivity index is 3.70. The smallest absolute Gasteiger partial charge is 0.0575 e. The van der Waals surface area contributed by atoms with Crippen LogP contribution in [0, 0.1) is 12.0 Å². The highest BCUT2D eigenvalue weighted by Crippen LogP contribution is 2.20. The van der Waals surface area contributed by atoms with Gasteiger partial charge in [0, 0.05) is 14.1 Å². The molecule has 0 aromatic rings. The number of Topliss-reactive ketones (excluding diaryl/α,β-unsaturated/α-hetero) is 1. The van der Waals surface area contributed by atoms with E-state index >= 15 is 0 Å². The molecule has 0 radical (unpaired) electrons. The third kappa shape index (κ3) is 10.3. The van der Waals surface area contributed by atoms with Gasteiger partial charge in [-0.15, -0.1) is 6.54 Å². The second-order valence-electron chi connectivity index (χ2n) is 7.72. The molecule has 0 aromatic carbocycles. The third-order valence-electron chi connectivity index (χ3n) is 3.79. The lowest BCUT2D eigenvalue weighted by molar-refractivity contribution is -0.855. The second-order valence-corrected chi connectivity index (χ2v) is 7.72.